The molecule has 1 heterocycles. The fraction of sp³-hybridized carbons (Fsp3) is 0.231. The number of nitrogens with one attached hydrogen (secondary N) is 1. The predicted molar refractivity (Wildman–Crippen MR) is 127 cm³/mol. The van der Waals surface area contributed by atoms with Gasteiger partial charge in [-0.05, 0) is 66.9 Å². The maximum atomic E-state index is 13.0. The van der Waals surface area contributed by atoms with Crippen molar-refractivity contribution in [2.24, 2.45) is 0 Å². The quantitative estimate of drug-likeness (QED) is 0.317. The number of nitrogens with zero attached hydrogens (tertiary/aromatic N) is 2. The Hall–Kier alpha value is -3.18. The number of para-hydroxylation sites is 2. The fourth-order valence-electron chi connectivity index (χ4n) is 3.76. The monoisotopic (exact) mass is 449 g/mol. The Morgan fingerprint density at radius 1 is 0.938 bits per heavy atom. The zero-order chi connectivity index (χ0) is 22.3. The smallest absolute Gasteiger partial charge is 0.251 e. The second-order valence-electron chi connectivity index (χ2n) is 7.80. The third-order valence-corrected chi connectivity index (χ3v) is 5.71. The molecule has 0 radical (unpaired) electrons. The van der Waals surface area contributed by atoms with Gasteiger partial charge >= 0.3 is 0 Å². The van der Waals surface area contributed by atoms with E-state index in [0.29, 0.717) is 12.1 Å². The number of imidazole rings is 1. The number of unbranched alkanes of at least 4 members (excludes halogenated alkanes) is 2. The number of aryl methyl sites for hydroxylation is 1. The van der Waals surface area contributed by atoms with Gasteiger partial charge in [0.05, 0.1) is 11.0 Å². The van der Waals surface area contributed by atoms with Crippen LogP contribution in [0.3, 0.4) is 0 Å². The maximum absolute atomic E-state index is 13.0. The second-order valence-corrected chi connectivity index (χ2v) is 8.24. The Morgan fingerprint density at radius 3 is 2.47 bits per heavy atom. The summed E-state index contributed by atoms with van der Waals surface area (Å²) in [6.45, 7) is 1.35. The highest BCUT2D eigenvalue weighted by Gasteiger charge is 2.11. The van der Waals surface area contributed by atoms with Crippen molar-refractivity contribution in [1.29, 1.82) is 0 Å². The Bertz CT molecular complexity index is 1190. The standard InChI is InChI=1S/C26H25ClFN3O/c27-21-13-9-19(10-14-21)18-31-24-7-4-3-6-23(24)30-25(31)8-2-1-5-17-29-26(32)20-11-15-22(28)16-12-20/h3-4,6-7,9-16H,1-2,5,8,17-18H2,(H,29,32). The third kappa shape index (κ3) is 5.54. The molecule has 32 heavy (non-hydrogen) atoms. The largest absolute Gasteiger partial charge is 0.352 e. The SMILES string of the molecule is O=C(NCCCCCc1nc2ccccc2n1Cc1ccc(Cl)cc1)c1ccc(F)cc1. The second kappa shape index (κ2) is 10.4. The Balaban J connectivity index is 1.31. The van der Waals surface area contributed by atoms with Gasteiger partial charge in [-0.15, -0.1) is 0 Å². The minimum Gasteiger partial charge on any atom is -0.352 e. The lowest BCUT2D eigenvalue weighted by Crippen LogP contribution is -2.24. The Kier molecular flexibility index (Phi) is 7.17. The number of aromatic nitrogens is 2. The first-order valence-electron chi connectivity index (χ1n) is 10.8. The lowest BCUT2D eigenvalue weighted by molar-refractivity contribution is 0.0953. The summed E-state index contributed by atoms with van der Waals surface area (Å²) in [4.78, 5) is 16.9. The van der Waals surface area contributed by atoms with E-state index in [9.17, 15) is 9.18 Å². The summed E-state index contributed by atoms with van der Waals surface area (Å²) in [5.74, 6) is 0.551. The zero-order valence-corrected chi connectivity index (χ0v) is 18.5. The highest BCUT2D eigenvalue weighted by molar-refractivity contribution is 6.30. The van der Waals surface area contributed by atoms with Gasteiger partial charge < -0.3 is 9.88 Å². The van der Waals surface area contributed by atoms with Gasteiger partial charge in [0.2, 0.25) is 0 Å². The fourth-order valence-corrected chi connectivity index (χ4v) is 3.88. The summed E-state index contributed by atoms with van der Waals surface area (Å²) in [6, 6.07) is 21.7. The first kappa shape index (κ1) is 22.0. The van der Waals surface area contributed by atoms with Gasteiger partial charge in [0, 0.05) is 30.1 Å². The maximum Gasteiger partial charge on any atom is 0.251 e. The van der Waals surface area contributed by atoms with Crippen LogP contribution in [0, 0.1) is 5.82 Å². The molecule has 4 aromatic rings. The molecule has 0 saturated carbocycles. The van der Waals surface area contributed by atoms with Crippen molar-refractivity contribution < 1.29 is 9.18 Å². The van der Waals surface area contributed by atoms with E-state index in [1.807, 2.05) is 42.5 Å². The molecule has 0 bridgehead atoms. The molecule has 0 aliphatic rings. The Labute approximate surface area is 192 Å². The van der Waals surface area contributed by atoms with E-state index >= 15 is 0 Å². The number of hydrogen-bond acceptors (Lipinski definition) is 2. The number of amides is 1. The summed E-state index contributed by atoms with van der Waals surface area (Å²) in [5.41, 5.74) is 3.79. The highest BCUT2D eigenvalue weighted by atomic mass is 35.5. The molecule has 4 rings (SSSR count). The summed E-state index contributed by atoms with van der Waals surface area (Å²) in [5, 5.41) is 3.63. The minimum atomic E-state index is -0.344. The van der Waals surface area contributed by atoms with E-state index in [4.69, 9.17) is 16.6 Å². The number of carbonyl (C=O) groups excluding carboxylic acids is 1. The van der Waals surface area contributed by atoms with Crippen LogP contribution in [0.25, 0.3) is 11.0 Å². The first-order chi connectivity index (χ1) is 15.6. The number of carbonyl (C=O) groups is 1. The third-order valence-electron chi connectivity index (χ3n) is 5.46. The van der Waals surface area contributed by atoms with Crippen LogP contribution in [0.4, 0.5) is 4.39 Å². The van der Waals surface area contributed by atoms with Gasteiger partial charge in [-0.25, -0.2) is 9.37 Å². The number of halogens is 2. The van der Waals surface area contributed by atoms with Gasteiger partial charge in [0.1, 0.15) is 11.6 Å². The van der Waals surface area contributed by atoms with Crippen molar-refractivity contribution in [3.63, 3.8) is 0 Å². The van der Waals surface area contributed by atoms with E-state index in [-0.39, 0.29) is 11.7 Å². The Morgan fingerprint density at radius 2 is 1.69 bits per heavy atom. The van der Waals surface area contributed by atoms with Crippen LogP contribution in [0.2, 0.25) is 5.02 Å². The molecule has 4 nitrogen and oxygen atoms in total. The van der Waals surface area contributed by atoms with Gasteiger partial charge in [-0.3, -0.25) is 4.79 Å². The molecule has 164 valence electrons. The molecule has 0 aliphatic heterocycles. The molecule has 6 heteroatoms. The molecule has 0 spiro atoms. The van der Waals surface area contributed by atoms with E-state index in [2.05, 4.69) is 16.0 Å². The van der Waals surface area contributed by atoms with Crippen LogP contribution in [-0.2, 0) is 13.0 Å². The van der Waals surface area contributed by atoms with E-state index in [0.717, 1.165) is 54.1 Å². The average molecular weight is 450 g/mol. The van der Waals surface area contributed by atoms with Crippen LogP contribution in [0.15, 0.2) is 72.8 Å². The van der Waals surface area contributed by atoms with E-state index in [1.165, 1.54) is 29.8 Å². The van der Waals surface area contributed by atoms with Crippen molar-refractivity contribution in [2.75, 3.05) is 6.54 Å². The van der Waals surface area contributed by atoms with E-state index < -0.39 is 0 Å². The van der Waals surface area contributed by atoms with Crippen molar-refractivity contribution in [1.82, 2.24) is 14.9 Å². The predicted octanol–water partition coefficient (Wildman–Crippen LogP) is 6.02. The van der Waals surface area contributed by atoms with Crippen LogP contribution in [-0.4, -0.2) is 22.0 Å². The molecule has 1 aromatic heterocycles. The molecule has 0 saturated heterocycles. The molecule has 3 aromatic carbocycles. The molecule has 0 fully saturated rings. The molecular weight excluding hydrogens is 425 g/mol. The van der Waals surface area contributed by atoms with Crippen molar-refractivity contribution >= 4 is 28.5 Å². The average Bonchev–Trinajstić information content (AvgIpc) is 3.15. The number of rotatable bonds is 9. The van der Waals surface area contributed by atoms with Crippen LogP contribution in [0.1, 0.15) is 41.0 Å². The van der Waals surface area contributed by atoms with Crippen LogP contribution in [0.5, 0.6) is 0 Å². The van der Waals surface area contributed by atoms with Gasteiger partial charge in [-0.2, -0.15) is 0 Å². The zero-order valence-electron chi connectivity index (χ0n) is 17.7. The number of fused-ring (bicyclic) bond motifs is 1. The van der Waals surface area contributed by atoms with Crippen molar-refractivity contribution in [3.8, 4) is 0 Å². The lowest BCUT2D eigenvalue weighted by atomic mass is 10.1. The van der Waals surface area contributed by atoms with Crippen molar-refractivity contribution in [3.05, 3.63) is 101 Å². The summed E-state index contributed by atoms with van der Waals surface area (Å²) >= 11 is 6.03. The minimum absolute atomic E-state index is 0.172. The first-order valence-corrected chi connectivity index (χ1v) is 11.2. The molecule has 1 amide bonds. The summed E-state index contributed by atoms with van der Waals surface area (Å²) in [7, 11) is 0. The molecule has 0 aliphatic carbocycles. The molecule has 0 atom stereocenters. The van der Waals surface area contributed by atoms with Gasteiger partial charge in [0.25, 0.3) is 5.91 Å². The highest BCUT2D eigenvalue weighted by Crippen LogP contribution is 2.20. The van der Waals surface area contributed by atoms with Gasteiger partial charge in [-0.1, -0.05) is 42.3 Å². The number of hydrogen-bond donors (Lipinski definition) is 1. The van der Waals surface area contributed by atoms with Gasteiger partial charge in [0.15, 0.2) is 0 Å². The topological polar surface area (TPSA) is 46.9 Å². The molecule has 1 N–H and O–H groups in total. The van der Waals surface area contributed by atoms with E-state index in [1.54, 1.807) is 0 Å². The summed E-state index contributed by atoms with van der Waals surface area (Å²) in [6.07, 6.45) is 3.71. The lowest BCUT2D eigenvalue weighted by Gasteiger charge is -2.10. The number of benzene rings is 3. The summed E-state index contributed by atoms with van der Waals surface area (Å²) < 4.78 is 15.2. The normalized spacial score (nSPS) is 11.1. The molecule has 0 unspecified atom stereocenters. The van der Waals surface area contributed by atoms with Crippen molar-refractivity contribution in [2.45, 2.75) is 32.2 Å². The van der Waals surface area contributed by atoms with Crippen LogP contribution < -0.4 is 5.32 Å². The van der Waals surface area contributed by atoms with Crippen LogP contribution >= 0.6 is 11.6 Å². The molecular formula is C26H25ClFN3O.